The third-order valence-corrected chi connectivity index (χ3v) is 2.72. The Morgan fingerprint density at radius 1 is 1.58 bits per heavy atom. The van der Waals surface area contributed by atoms with Crippen molar-refractivity contribution in [3.8, 4) is 0 Å². The minimum Gasteiger partial charge on any atom is -0.362 e. The van der Waals surface area contributed by atoms with Crippen LogP contribution in [-0.4, -0.2) is 23.5 Å². The normalized spacial score (nSPS) is 27.7. The summed E-state index contributed by atoms with van der Waals surface area (Å²) in [6.07, 6.45) is 0. The molecule has 12 heavy (non-hydrogen) atoms. The molecular formula is C9H18N2S. The molecule has 0 aromatic rings. The maximum atomic E-state index is 4.51. The molecule has 0 saturated carbocycles. The van der Waals surface area contributed by atoms with Gasteiger partial charge in [0.25, 0.3) is 0 Å². The zero-order chi connectivity index (χ0) is 9.19. The van der Waals surface area contributed by atoms with E-state index in [0.29, 0.717) is 11.5 Å². The topological polar surface area (TPSA) is 24.4 Å². The number of thioether (sulfide) groups is 1. The number of aliphatic imine (C=N–C) groups is 1. The van der Waals surface area contributed by atoms with E-state index in [9.17, 15) is 0 Å². The Balaban J connectivity index is 2.38. The van der Waals surface area contributed by atoms with Gasteiger partial charge in [0.15, 0.2) is 5.17 Å². The number of amidine groups is 1. The van der Waals surface area contributed by atoms with Gasteiger partial charge in [-0.05, 0) is 12.3 Å². The second-order valence-corrected chi connectivity index (χ2v) is 5.55. The van der Waals surface area contributed by atoms with E-state index in [-0.39, 0.29) is 0 Å². The number of nitrogens with zero attached hydrogens (tertiary/aromatic N) is 1. The lowest BCUT2D eigenvalue weighted by molar-refractivity contribution is 0.429. The van der Waals surface area contributed by atoms with Gasteiger partial charge in [-0.25, -0.2) is 0 Å². The summed E-state index contributed by atoms with van der Waals surface area (Å²) in [4.78, 5) is 4.51. The van der Waals surface area contributed by atoms with Gasteiger partial charge in [0.2, 0.25) is 0 Å². The second-order valence-electron chi connectivity index (χ2n) is 4.54. The van der Waals surface area contributed by atoms with Gasteiger partial charge in [-0.3, -0.25) is 4.99 Å². The maximum Gasteiger partial charge on any atom is 0.156 e. The van der Waals surface area contributed by atoms with Crippen LogP contribution in [0.3, 0.4) is 0 Å². The summed E-state index contributed by atoms with van der Waals surface area (Å²) in [6.45, 7) is 9.72. The van der Waals surface area contributed by atoms with Gasteiger partial charge in [0.05, 0.1) is 0 Å². The van der Waals surface area contributed by atoms with Crippen LogP contribution in [0.5, 0.6) is 0 Å². The molecule has 0 aliphatic carbocycles. The van der Waals surface area contributed by atoms with E-state index in [2.05, 4.69) is 38.0 Å². The summed E-state index contributed by atoms with van der Waals surface area (Å²) < 4.78 is 0. The molecule has 0 bridgehead atoms. The predicted molar refractivity (Wildman–Crippen MR) is 56.8 cm³/mol. The van der Waals surface area contributed by atoms with Crippen LogP contribution in [0, 0.1) is 5.41 Å². The fourth-order valence-corrected chi connectivity index (χ4v) is 1.83. The van der Waals surface area contributed by atoms with Gasteiger partial charge in [-0.15, -0.1) is 0 Å². The molecule has 1 saturated heterocycles. The summed E-state index contributed by atoms with van der Waals surface area (Å²) in [6, 6.07) is 0.591. The first-order valence-corrected chi connectivity index (χ1v) is 5.40. The van der Waals surface area contributed by atoms with E-state index < -0.39 is 0 Å². The SMILES string of the molecule is CC1CSC(=NCC(C)(C)C)N1. The minimum absolute atomic E-state index is 0.307. The molecule has 1 atom stereocenters. The third kappa shape index (κ3) is 3.48. The molecular weight excluding hydrogens is 168 g/mol. The van der Waals surface area contributed by atoms with Gasteiger partial charge in [-0.1, -0.05) is 32.5 Å². The second kappa shape index (κ2) is 3.69. The van der Waals surface area contributed by atoms with Gasteiger partial charge in [0.1, 0.15) is 0 Å². The van der Waals surface area contributed by atoms with Crippen LogP contribution in [0.2, 0.25) is 0 Å². The Bertz CT molecular complexity index is 181. The van der Waals surface area contributed by atoms with Crippen LogP contribution >= 0.6 is 11.8 Å². The van der Waals surface area contributed by atoms with Gasteiger partial charge in [0, 0.05) is 18.3 Å². The third-order valence-electron chi connectivity index (χ3n) is 1.54. The molecule has 1 fully saturated rings. The Hall–Kier alpha value is -0.180. The molecule has 0 radical (unpaired) electrons. The molecule has 0 amide bonds. The van der Waals surface area contributed by atoms with Crippen LogP contribution < -0.4 is 5.32 Å². The standard InChI is InChI=1S/C9H18N2S/c1-7-5-12-8(11-7)10-6-9(2,3)4/h7H,5-6H2,1-4H3,(H,10,11). The Morgan fingerprint density at radius 2 is 2.25 bits per heavy atom. The van der Waals surface area contributed by atoms with Crippen molar-refractivity contribution in [3.63, 3.8) is 0 Å². The van der Waals surface area contributed by atoms with Crippen molar-refractivity contribution in [2.45, 2.75) is 33.7 Å². The molecule has 2 nitrogen and oxygen atoms in total. The molecule has 1 N–H and O–H groups in total. The molecule has 1 unspecified atom stereocenters. The van der Waals surface area contributed by atoms with Crippen molar-refractivity contribution in [1.29, 1.82) is 0 Å². The highest BCUT2D eigenvalue weighted by atomic mass is 32.2. The molecule has 1 rings (SSSR count). The lowest BCUT2D eigenvalue weighted by Crippen LogP contribution is -2.24. The molecule has 1 heterocycles. The van der Waals surface area contributed by atoms with Gasteiger partial charge in [-0.2, -0.15) is 0 Å². The highest BCUT2D eigenvalue weighted by Crippen LogP contribution is 2.17. The van der Waals surface area contributed by atoms with Crippen LogP contribution in [0.1, 0.15) is 27.7 Å². The smallest absolute Gasteiger partial charge is 0.156 e. The van der Waals surface area contributed by atoms with E-state index >= 15 is 0 Å². The predicted octanol–water partition coefficient (Wildman–Crippen LogP) is 2.11. The maximum absolute atomic E-state index is 4.51. The first kappa shape index (κ1) is 9.90. The van der Waals surface area contributed by atoms with E-state index in [1.165, 1.54) is 0 Å². The fraction of sp³-hybridized carbons (Fsp3) is 0.889. The van der Waals surface area contributed by atoms with Crippen molar-refractivity contribution in [1.82, 2.24) is 5.32 Å². The fourth-order valence-electron chi connectivity index (χ4n) is 0.898. The highest BCUT2D eigenvalue weighted by Gasteiger charge is 2.16. The molecule has 1 aliphatic heterocycles. The summed E-state index contributed by atoms with van der Waals surface area (Å²) in [7, 11) is 0. The van der Waals surface area contributed by atoms with Gasteiger partial charge < -0.3 is 5.32 Å². The largest absolute Gasteiger partial charge is 0.362 e. The Kier molecular flexibility index (Phi) is 3.04. The lowest BCUT2D eigenvalue weighted by Gasteiger charge is -2.14. The average Bonchev–Trinajstić information content (AvgIpc) is 2.30. The first-order valence-electron chi connectivity index (χ1n) is 4.41. The molecule has 3 heteroatoms. The Labute approximate surface area is 79.2 Å². The number of hydrogen-bond donors (Lipinski definition) is 1. The van der Waals surface area contributed by atoms with Crippen molar-refractivity contribution in [2.75, 3.05) is 12.3 Å². The lowest BCUT2D eigenvalue weighted by atomic mass is 9.98. The number of rotatable bonds is 1. The summed E-state index contributed by atoms with van der Waals surface area (Å²) in [5, 5.41) is 4.46. The number of hydrogen-bond acceptors (Lipinski definition) is 2. The van der Waals surface area contributed by atoms with E-state index in [0.717, 1.165) is 17.5 Å². The molecule has 0 aromatic heterocycles. The molecule has 0 spiro atoms. The molecule has 70 valence electrons. The molecule has 0 aromatic carbocycles. The van der Waals surface area contributed by atoms with Crippen LogP contribution in [0.25, 0.3) is 0 Å². The zero-order valence-corrected chi connectivity index (χ0v) is 9.16. The summed E-state index contributed by atoms with van der Waals surface area (Å²) >= 11 is 1.83. The van der Waals surface area contributed by atoms with E-state index in [1.54, 1.807) is 0 Å². The quantitative estimate of drug-likeness (QED) is 0.678. The summed E-state index contributed by atoms with van der Waals surface area (Å²) in [5.41, 5.74) is 0.307. The monoisotopic (exact) mass is 186 g/mol. The van der Waals surface area contributed by atoms with Crippen LogP contribution in [0.4, 0.5) is 0 Å². The minimum atomic E-state index is 0.307. The van der Waals surface area contributed by atoms with Crippen molar-refractivity contribution in [2.24, 2.45) is 10.4 Å². The number of nitrogens with one attached hydrogen (secondary N) is 1. The average molecular weight is 186 g/mol. The van der Waals surface area contributed by atoms with Crippen LogP contribution in [-0.2, 0) is 0 Å². The van der Waals surface area contributed by atoms with E-state index in [4.69, 9.17) is 0 Å². The zero-order valence-electron chi connectivity index (χ0n) is 8.35. The van der Waals surface area contributed by atoms with E-state index in [1.807, 2.05) is 11.8 Å². The first-order chi connectivity index (χ1) is 5.47. The van der Waals surface area contributed by atoms with Crippen molar-refractivity contribution in [3.05, 3.63) is 0 Å². The van der Waals surface area contributed by atoms with Crippen LogP contribution in [0.15, 0.2) is 4.99 Å². The van der Waals surface area contributed by atoms with Crippen molar-refractivity contribution < 1.29 is 0 Å². The molecule has 1 aliphatic rings. The van der Waals surface area contributed by atoms with Gasteiger partial charge >= 0.3 is 0 Å². The highest BCUT2D eigenvalue weighted by molar-refractivity contribution is 8.14. The van der Waals surface area contributed by atoms with Crippen molar-refractivity contribution >= 4 is 16.9 Å². The Morgan fingerprint density at radius 3 is 2.67 bits per heavy atom. The summed E-state index contributed by atoms with van der Waals surface area (Å²) in [5.74, 6) is 1.16.